The van der Waals surface area contributed by atoms with Gasteiger partial charge >= 0.3 is 0 Å². The maximum absolute atomic E-state index is 12.6. The lowest BCUT2D eigenvalue weighted by Crippen LogP contribution is -2.39. The largest absolute Gasteiger partial charge is 0.328 e. The average Bonchev–Trinajstić information content (AvgIpc) is 2.03. The quantitative estimate of drug-likeness (QED) is 0.713. The zero-order chi connectivity index (χ0) is 10.0. The lowest BCUT2D eigenvalue weighted by molar-refractivity contribution is 0.000576. The van der Waals surface area contributed by atoms with Gasteiger partial charge in [-0.2, -0.15) is 0 Å². The first-order valence-corrected chi connectivity index (χ1v) is 5.07. The molecule has 1 rings (SSSR count). The van der Waals surface area contributed by atoms with Crippen LogP contribution in [0.5, 0.6) is 0 Å². The van der Waals surface area contributed by atoms with Crippen LogP contribution in [0.1, 0.15) is 33.1 Å². The number of nitrogens with two attached hydrogens (primary N) is 1. The number of alkyl halides is 2. The molecule has 0 heterocycles. The van der Waals surface area contributed by atoms with E-state index in [0.717, 1.165) is 12.8 Å². The molecular formula is C10H19F2N. The normalized spacial score (nSPS) is 37.8. The molecule has 1 nitrogen and oxygen atoms in total. The van der Waals surface area contributed by atoms with Crippen LogP contribution in [0.15, 0.2) is 0 Å². The highest BCUT2D eigenvalue weighted by molar-refractivity contribution is 4.84. The first kappa shape index (κ1) is 10.9. The van der Waals surface area contributed by atoms with Crippen molar-refractivity contribution in [1.82, 2.24) is 0 Å². The molecule has 3 heteroatoms. The molecule has 0 amide bonds. The van der Waals surface area contributed by atoms with Crippen molar-refractivity contribution in [3.8, 4) is 0 Å². The maximum Gasteiger partial charge on any atom is 0.241 e. The van der Waals surface area contributed by atoms with Gasteiger partial charge in [0.25, 0.3) is 0 Å². The van der Waals surface area contributed by atoms with Gasteiger partial charge in [0.05, 0.1) is 0 Å². The van der Waals surface area contributed by atoms with Crippen LogP contribution in [0.25, 0.3) is 0 Å². The van der Waals surface area contributed by atoms with E-state index >= 15 is 0 Å². The van der Waals surface area contributed by atoms with E-state index in [2.05, 4.69) is 0 Å². The van der Waals surface area contributed by atoms with E-state index in [-0.39, 0.29) is 17.9 Å². The Labute approximate surface area is 78.7 Å². The third-order valence-electron chi connectivity index (χ3n) is 3.42. The third-order valence-corrected chi connectivity index (χ3v) is 3.42. The van der Waals surface area contributed by atoms with Gasteiger partial charge in [-0.3, -0.25) is 0 Å². The van der Waals surface area contributed by atoms with Crippen molar-refractivity contribution in [1.29, 1.82) is 0 Å². The van der Waals surface area contributed by atoms with Crippen molar-refractivity contribution >= 4 is 0 Å². The zero-order valence-corrected chi connectivity index (χ0v) is 8.34. The summed E-state index contributed by atoms with van der Waals surface area (Å²) < 4.78 is 25.1. The Hall–Kier alpha value is -0.180. The number of rotatable bonds is 2. The van der Waals surface area contributed by atoms with Crippen molar-refractivity contribution in [2.24, 2.45) is 23.5 Å². The van der Waals surface area contributed by atoms with Crippen molar-refractivity contribution < 1.29 is 8.78 Å². The van der Waals surface area contributed by atoms with Gasteiger partial charge in [-0.1, -0.05) is 13.3 Å². The molecule has 0 bridgehead atoms. The molecular weight excluding hydrogens is 172 g/mol. The van der Waals surface area contributed by atoms with Gasteiger partial charge in [0.15, 0.2) is 0 Å². The minimum atomic E-state index is -2.17. The van der Waals surface area contributed by atoms with Crippen molar-refractivity contribution in [3.05, 3.63) is 0 Å². The van der Waals surface area contributed by atoms with Crippen LogP contribution < -0.4 is 5.73 Å². The van der Waals surface area contributed by atoms with E-state index in [1.807, 2.05) is 13.8 Å². The molecule has 13 heavy (non-hydrogen) atoms. The van der Waals surface area contributed by atoms with Gasteiger partial charge < -0.3 is 5.73 Å². The molecule has 1 fully saturated rings. The molecule has 0 aliphatic heterocycles. The first-order chi connectivity index (χ1) is 6.04. The highest BCUT2D eigenvalue weighted by atomic mass is 19.3. The lowest BCUT2D eigenvalue weighted by Gasteiger charge is -2.37. The number of hydrogen-bond donors (Lipinski definition) is 1. The van der Waals surface area contributed by atoms with Crippen LogP contribution in [0.3, 0.4) is 0 Å². The predicted molar refractivity (Wildman–Crippen MR) is 49.6 cm³/mol. The molecule has 4 unspecified atom stereocenters. The van der Waals surface area contributed by atoms with Gasteiger partial charge in [-0.05, 0) is 31.6 Å². The third kappa shape index (κ3) is 2.39. The van der Waals surface area contributed by atoms with Crippen molar-refractivity contribution in [2.75, 3.05) is 0 Å². The zero-order valence-electron chi connectivity index (χ0n) is 8.34. The Bertz CT molecular complexity index is 143. The maximum atomic E-state index is 12.6. The summed E-state index contributed by atoms with van der Waals surface area (Å²) >= 11 is 0. The standard InChI is InChI=1S/C10H19F2N/c1-6-8(7(2)13)4-3-5-9(6)10(11)12/h6-10H,3-5,13H2,1-2H3. The molecule has 0 radical (unpaired) electrons. The van der Waals surface area contributed by atoms with Crippen molar-refractivity contribution in [2.45, 2.75) is 45.6 Å². The molecule has 0 aromatic heterocycles. The van der Waals surface area contributed by atoms with Crippen LogP contribution in [-0.2, 0) is 0 Å². The highest BCUT2D eigenvalue weighted by Crippen LogP contribution is 2.38. The van der Waals surface area contributed by atoms with E-state index < -0.39 is 12.3 Å². The van der Waals surface area contributed by atoms with Gasteiger partial charge in [0, 0.05) is 12.0 Å². The van der Waals surface area contributed by atoms with Crippen LogP contribution in [0.4, 0.5) is 8.78 Å². The topological polar surface area (TPSA) is 26.0 Å². The summed E-state index contributed by atoms with van der Waals surface area (Å²) in [5, 5.41) is 0. The van der Waals surface area contributed by atoms with Gasteiger partial charge in [0.2, 0.25) is 6.43 Å². The molecule has 0 aromatic rings. The molecule has 1 saturated carbocycles. The average molecular weight is 191 g/mol. The summed E-state index contributed by atoms with van der Waals surface area (Å²) in [6.45, 7) is 3.85. The fourth-order valence-corrected chi connectivity index (χ4v) is 2.53. The monoisotopic (exact) mass is 191 g/mol. The fourth-order valence-electron chi connectivity index (χ4n) is 2.53. The van der Waals surface area contributed by atoms with E-state index in [1.165, 1.54) is 0 Å². The highest BCUT2D eigenvalue weighted by Gasteiger charge is 2.36. The van der Waals surface area contributed by atoms with Gasteiger partial charge in [-0.15, -0.1) is 0 Å². The molecule has 0 aromatic carbocycles. The van der Waals surface area contributed by atoms with Gasteiger partial charge in [-0.25, -0.2) is 8.78 Å². The van der Waals surface area contributed by atoms with Crippen LogP contribution in [0, 0.1) is 17.8 Å². The second-order valence-corrected chi connectivity index (χ2v) is 4.31. The minimum Gasteiger partial charge on any atom is -0.328 e. The molecule has 4 atom stereocenters. The van der Waals surface area contributed by atoms with Crippen LogP contribution in [0.2, 0.25) is 0 Å². The Morgan fingerprint density at radius 2 is 1.77 bits per heavy atom. The summed E-state index contributed by atoms with van der Waals surface area (Å²) in [6, 6.07) is 0.0524. The smallest absolute Gasteiger partial charge is 0.241 e. The number of halogens is 2. The Kier molecular flexibility index (Phi) is 3.65. The van der Waals surface area contributed by atoms with E-state index in [9.17, 15) is 8.78 Å². The summed E-state index contributed by atoms with van der Waals surface area (Å²) in [5.74, 6) is -0.0637. The molecule has 78 valence electrons. The molecule has 2 N–H and O–H groups in total. The van der Waals surface area contributed by atoms with Crippen LogP contribution >= 0.6 is 0 Å². The minimum absolute atomic E-state index is 0.0524. The summed E-state index contributed by atoms with van der Waals surface area (Å²) in [5.41, 5.74) is 5.78. The molecule has 0 saturated heterocycles. The van der Waals surface area contributed by atoms with E-state index in [1.54, 1.807) is 0 Å². The lowest BCUT2D eigenvalue weighted by atomic mass is 9.70. The second-order valence-electron chi connectivity index (χ2n) is 4.31. The van der Waals surface area contributed by atoms with E-state index in [4.69, 9.17) is 5.73 Å². The fraction of sp³-hybridized carbons (Fsp3) is 1.00. The Morgan fingerprint density at radius 1 is 1.23 bits per heavy atom. The second kappa shape index (κ2) is 4.36. The predicted octanol–water partition coefficient (Wildman–Crippen LogP) is 2.65. The summed E-state index contributed by atoms with van der Waals surface area (Å²) in [6.07, 6.45) is 0.423. The number of hydrogen-bond acceptors (Lipinski definition) is 1. The summed E-state index contributed by atoms with van der Waals surface area (Å²) in [7, 11) is 0. The van der Waals surface area contributed by atoms with Crippen molar-refractivity contribution in [3.63, 3.8) is 0 Å². The molecule has 0 spiro atoms. The van der Waals surface area contributed by atoms with Crippen LogP contribution in [-0.4, -0.2) is 12.5 Å². The van der Waals surface area contributed by atoms with Gasteiger partial charge in [0.1, 0.15) is 0 Å². The summed E-state index contributed by atoms with van der Waals surface area (Å²) in [4.78, 5) is 0. The Morgan fingerprint density at radius 3 is 2.23 bits per heavy atom. The molecule has 1 aliphatic rings. The molecule has 1 aliphatic carbocycles. The Balaban J connectivity index is 2.60. The SMILES string of the molecule is CC(N)C1CCCC(C(F)F)C1C. The first-order valence-electron chi connectivity index (χ1n) is 5.07. The van der Waals surface area contributed by atoms with E-state index in [0.29, 0.717) is 6.42 Å².